The molecule has 0 unspecified atom stereocenters. The normalized spacial score (nSPS) is 13.0. The molecular weight excluding hydrogens is 548 g/mol. The molecule has 2 aliphatic carbocycles. The highest BCUT2D eigenvalue weighted by atomic mass is 16.5. The fraction of sp³-hybridized carbons (Fsp3) is 0.143. The highest BCUT2D eigenvalue weighted by Gasteiger charge is 2.30. The Morgan fingerprint density at radius 3 is 1.14 bits per heavy atom. The molecule has 4 aromatic rings. The Hall–Kier alpha value is -5.50. The summed E-state index contributed by atoms with van der Waals surface area (Å²) >= 11 is 0. The van der Waals surface area contributed by atoms with Crippen LogP contribution in [-0.2, 0) is 32.3 Å². The number of carbonyl (C=O) groups is 6. The molecule has 0 saturated carbocycles. The largest absolute Gasteiger partial charge is 0.461 e. The topological polar surface area (TPSA) is 121 Å². The second kappa shape index (κ2) is 11.4. The van der Waals surface area contributed by atoms with E-state index in [1.165, 1.54) is 0 Å². The van der Waals surface area contributed by atoms with Crippen LogP contribution in [-0.4, -0.2) is 35.1 Å². The maximum atomic E-state index is 12.9. The molecule has 4 aromatic carbocycles. The van der Waals surface area contributed by atoms with Gasteiger partial charge in [-0.15, -0.1) is 0 Å². The van der Waals surface area contributed by atoms with Crippen molar-refractivity contribution in [3.8, 4) is 0 Å². The SMILES string of the molecule is O=C(CCCC(=O)OCc1ccc2c(c1)C(=O)c1ccccc1C2=O)OCc1ccc2c(c1)C(=O)c1ccccc1C2=O. The number of ketones is 4. The zero-order valence-electron chi connectivity index (χ0n) is 22.9. The number of benzene rings is 4. The minimum Gasteiger partial charge on any atom is -0.461 e. The van der Waals surface area contributed by atoms with Gasteiger partial charge in [-0.3, -0.25) is 28.8 Å². The van der Waals surface area contributed by atoms with Crippen molar-refractivity contribution in [2.75, 3.05) is 0 Å². The lowest BCUT2D eigenvalue weighted by atomic mass is 9.83. The number of ether oxygens (including phenoxy) is 2. The second-order valence-corrected chi connectivity index (χ2v) is 10.3. The first-order chi connectivity index (χ1) is 20.8. The summed E-state index contributed by atoms with van der Waals surface area (Å²) in [6.45, 7) is -0.159. The van der Waals surface area contributed by atoms with E-state index in [4.69, 9.17) is 9.47 Å². The zero-order valence-corrected chi connectivity index (χ0v) is 22.9. The molecule has 8 heteroatoms. The third-order valence-electron chi connectivity index (χ3n) is 7.54. The van der Waals surface area contributed by atoms with E-state index in [0.717, 1.165) is 0 Å². The van der Waals surface area contributed by atoms with E-state index in [2.05, 4.69) is 0 Å². The van der Waals surface area contributed by atoms with Crippen molar-refractivity contribution in [1.29, 1.82) is 0 Å². The third kappa shape index (κ3) is 5.30. The third-order valence-corrected chi connectivity index (χ3v) is 7.54. The van der Waals surface area contributed by atoms with Gasteiger partial charge in [0.15, 0.2) is 23.1 Å². The van der Waals surface area contributed by atoms with Crippen molar-refractivity contribution in [1.82, 2.24) is 0 Å². The Kier molecular flexibility index (Phi) is 7.34. The Labute approximate surface area is 246 Å². The smallest absolute Gasteiger partial charge is 0.306 e. The average Bonchev–Trinajstić information content (AvgIpc) is 3.04. The minimum absolute atomic E-state index is 0.0142. The molecule has 0 amide bonds. The molecular formula is C35H24O8. The molecule has 212 valence electrons. The first kappa shape index (κ1) is 27.7. The van der Waals surface area contributed by atoms with Crippen LogP contribution >= 0.6 is 0 Å². The van der Waals surface area contributed by atoms with Crippen LogP contribution < -0.4 is 0 Å². The van der Waals surface area contributed by atoms with E-state index >= 15 is 0 Å². The molecule has 0 saturated heterocycles. The van der Waals surface area contributed by atoms with Gasteiger partial charge < -0.3 is 9.47 Å². The first-order valence-corrected chi connectivity index (χ1v) is 13.8. The lowest BCUT2D eigenvalue weighted by Gasteiger charge is -2.18. The Bertz CT molecular complexity index is 1730. The number of carbonyl (C=O) groups excluding carboxylic acids is 6. The van der Waals surface area contributed by atoms with Gasteiger partial charge in [0.2, 0.25) is 0 Å². The van der Waals surface area contributed by atoms with Crippen molar-refractivity contribution in [3.05, 3.63) is 141 Å². The van der Waals surface area contributed by atoms with Gasteiger partial charge in [0.05, 0.1) is 0 Å². The maximum absolute atomic E-state index is 12.9. The summed E-state index contributed by atoms with van der Waals surface area (Å²) in [4.78, 5) is 75.8. The van der Waals surface area contributed by atoms with Gasteiger partial charge in [-0.1, -0.05) is 60.7 Å². The summed E-state index contributed by atoms with van der Waals surface area (Å²) in [5.41, 5.74) is 3.78. The molecule has 0 radical (unpaired) electrons. The summed E-state index contributed by atoms with van der Waals surface area (Å²) in [7, 11) is 0. The highest BCUT2D eigenvalue weighted by Crippen LogP contribution is 2.29. The number of rotatable bonds is 8. The molecule has 2 aliphatic rings. The average molecular weight is 573 g/mol. The van der Waals surface area contributed by atoms with Gasteiger partial charge >= 0.3 is 11.9 Å². The Balaban J connectivity index is 0.970. The number of hydrogen-bond donors (Lipinski definition) is 0. The summed E-state index contributed by atoms with van der Waals surface area (Å²) in [5.74, 6) is -1.98. The molecule has 0 heterocycles. The van der Waals surface area contributed by atoms with Gasteiger partial charge in [0.25, 0.3) is 0 Å². The van der Waals surface area contributed by atoms with Crippen molar-refractivity contribution in [2.45, 2.75) is 32.5 Å². The quantitative estimate of drug-likeness (QED) is 0.228. The fourth-order valence-electron chi connectivity index (χ4n) is 5.32. The van der Waals surface area contributed by atoms with Crippen LogP contribution in [0.1, 0.15) is 94.1 Å². The fourth-order valence-corrected chi connectivity index (χ4v) is 5.32. The van der Waals surface area contributed by atoms with E-state index in [1.54, 1.807) is 84.9 Å². The van der Waals surface area contributed by atoms with Crippen molar-refractivity contribution in [3.63, 3.8) is 0 Å². The van der Waals surface area contributed by atoms with Crippen LogP contribution in [0, 0.1) is 0 Å². The molecule has 0 aromatic heterocycles. The molecule has 43 heavy (non-hydrogen) atoms. The van der Waals surface area contributed by atoms with Gasteiger partial charge in [-0.2, -0.15) is 0 Å². The van der Waals surface area contributed by atoms with Crippen LogP contribution in [0.4, 0.5) is 0 Å². The molecule has 0 aliphatic heterocycles. The molecule has 0 atom stereocenters. The second-order valence-electron chi connectivity index (χ2n) is 10.3. The molecule has 0 N–H and O–H groups in total. The molecule has 6 rings (SSSR count). The lowest BCUT2D eigenvalue weighted by molar-refractivity contribution is -0.146. The van der Waals surface area contributed by atoms with Crippen LogP contribution in [0.2, 0.25) is 0 Å². The van der Waals surface area contributed by atoms with Gasteiger partial charge in [-0.05, 0) is 41.8 Å². The minimum atomic E-state index is -0.517. The number of hydrogen-bond acceptors (Lipinski definition) is 8. The van der Waals surface area contributed by atoms with Crippen molar-refractivity contribution in [2.24, 2.45) is 0 Å². The first-order valence-electron chi connectivity index (χ1n) is 13.8. The van der Waals surface area contributed by atoms with Crippen molar-refractivity contribution >= 4 is 35.1 Å². The van der Waals surface area contributed by atoms with Gasteiger partial charge in [-0.25, -0.2) is 0 Å². The standard InChI is InChI=1S/C35H24O8/c36-30(42-18-20-12-14-26-28(16-20)34(40)24-8-3-1-6-22(24)32(26)38)10-5-11-31(37)43-19-21-13-15-27-29(17-21)35(41)25-9-4-2-7-23(25)33(27)39/h1-4,6-9,12-17H,5,10-11,18-19H2. The number of fused-ring (bicyclic) bond motifs is 4. The number of esters is 2. The summed E-state index contributed by atoms with van der Waals surface area (Å²) in [6, 6.07) is 22.9. The van der Waals surface area contributed by atoms with Crippen LogP contribution in [0.25, 0.3) is 0 Å². The lowest BCUT2D eigenvalue weighted by Crippen LogP contribution is -2.21. The van der Waals surface area contributed by atoms with E-state index in [0.29, 0.717) is 44.5 Å². The maximum Gasteiger partial charge on any atom is 0.306 e. The molecule has 8 nitrogen and oxygen atoms in total. The van der Waals surface area contributed by atoms with E-state index in [1.807, 2.05) is 0 Å². The Morgan fingerprint density at radius 2 is 0.767 bits per heavy atom. The van der Waals surface area contributed by atoms with Crippen molar-refractivity contribution < 1.29 is 38.2 Å². The van der Waals surface area contributed by atoms with Gasteiger partial charge in [0, 0.05) is 57.3 Å². The summed E-state index contributed by atoms with van der Waals surface area (Å²) in [6.07, 6.45) is 0.180. The van der Waals surface area contributed by atoms with Crippen LogP contribution in [0.3, 0.4) is 0 Å². The molecule has 0 fully saturated rings. The molecule has 0 spiro atoms. The Morgan fingerprint density at radius 1 is 0.442 bits per heavy atom. The van der Waals surface area contributed by atoms with E-state index < -0.39 is 11.9 Å². The van der Waals surface area contributed by atoms with Crippen LogP contribution in [0.5, 0.6) is 0 Å². The summed E-state index contributed by atoms with van der Waals surface area (Å²) < 4.78 is 10.6. The van der Waals surface area contributed by atoms with Crippen LogP contribution in [0.15, 0.2) is 84.9 Å². The summed E-state index contributed by atoms with van der Waals surface area (Å²) in [5, 5.41) is 0. The predicted molar refractivity (Wildman–Crippen MR) is 153 cm³/mol. The van der Waals surface area contributed by atoms with E-state index in [9.17, 15) is 28.8 Å². The monoisotopic (exact) mass is 572 g/mol. The highest BCUT2D eigenvalue weighted by molar-refractivity contribution is 6.29. The molecule has 0 bridgehead atoms. The van der Waals surface area contributed by atoms with E-state index in [-0.39, 0.29) is 66.7 Å². The zero-order chi connectivity index (χ0) is 30.1. The van der Waals surface area contributed by atoms with Gasteiger partial charge in [0.1, 0.15) is 13.2 Å². The predicted octanol–water partition coefficient (Wildman–Crippen LogP) is 5.19.